The van der Waals surface area contributed by atoms with Gasteiger partial charge in [0.15, 0.2) is 0 Å². The molecule has 22 heavy (non-hydrogen) atoms. The summed E-state index contributed by atoms with van der Waals surface area (Å²) >= 11 is 0. The van der Waals surface area contributed by atoms with Gasteiger partial charge in [-0.15, -0.1) is 0 Å². The first-order valence-corrected chi connectivity index (χ1v) is 7.28. The van der Waals surface area contributed by atoms with E-state index in [1.165, 1.54) is 11.1 Å². The Morgan fingerprint density at radius 1 is 1.09 bits per heavy atom. The number of benzene rings is 2. The van der Waals surface area contributed by atoms with Crippen molar-refractivity contribution >= 4 is 11.9 Å². The number of nitrogens with two attached hydrogens (primary N) is 2. The predicted octanol–water partition coefficient (Wildman–Crippen LogP) is 3.39. The summed E-state index contributed by atoms with van der Waals surface area (Å²) in [6, 6.07) is 18.7. The molecule has 0 bridgehead atoms. The molecule has 1 atom stereocenters. The van der Waals surface area contributed by atoms with E-state index in [-0.39, 0.29) is 11.7 Å². The number of nitrogens with zero attached hydrogens (tertiary/aromatic N) is 1. The van der Waals surface area contributed by atoms with Crippen LogP contribution in [0.4, 0.5) is 0 Å². The quantitative estimate of drug-likeness (QED) is 0.851. The van der Waals surface area contributed by atoms with Crippen LogP contribution in [-0.2, 0) is 0 Å². The van der Waals surface area contributed by atoms with Gasteiger partial charge in [-0.1, -0.05) is 61.2 Å². The molecule has 0 saturated carbocycles. The Morgan fingerprint density at radius 2 is 1.77 bits per heavy atom. The maximum Gasteiger partial charge on any atom is 0.116 e. The first-order valence-electron chi connectivity index (χ1n) is 7.28. The number of hydrogen-bond acceptors (Lipinski definition) is 3. The zero-order chi connectivity index (χ0) is 15.5. The molecule has 3 heteroatoms. The third kappa shape index (κ3) is 2.66. The molecule has 0 saturated heterocycles. The molecular formula is C19H19N3. The Labute approximate surface area is 130 Å². The Kier molecular flexibility index (Phi) is 3.79. The minimum Gasteiger partial charge on any atom is -0.398 e. The summed E-state index contributed by atoms with van der Waals surface area (Å²) in [4.78, 5) is 4.12. The third-order valence-electron chi connectivity index (χ3n) is 3.98. The first kappa shape index (κ1) is 14.1. The molecule has 2 aromatic rings. The summed E-state index contributed by atoms with van der Waals surface area (Å²) < 4.78 is 0. The van der Waals surface area contributed by atoms with E-state index in [9.17, 15) is 0 Å². The molecule has 0 aromatic heterocycles. The Morgan fingerprint density at radius 3 is 2.50 bits per heavy atom. The molecule has 3 nitrogen and oxygen atoms in total. The van der Waals surface area contributed by atoms with E-state index < -0.39 is 0 Å². The van der Waals surface area contributed by atoms with Crippen LogP contribution in [0, 0.1) is 0 Å². The molecular weight excluding hydrogens is 270 g/mol. The predicted molar refractivity (Wildman–Crippen MR) is 92.3 cm³/mol. The second-order valence-corrected chi connectivity index (χ2v) is 5.44. The van der Waals surface area contributed by atoms with E-state index >= 15 is 0 Å². The largest absolute Gasteiger partial charge is 0.398 e. The van der Waals surface area contributed by atoms with Gasteiger partial charge in [-0.3, -0.25) is 0 Å². The highest BCUT2D eigenvalue weighted by molar-refractivity contribution is 5.92. The maximum atomic E-state index is 6.34. The van der Waals surface area contributed by atoms with Crippen LogP contribution in [0.25, 0.3) is 5.70 Å². The van der Waals surface area contributed by atoms with Crippen molar-refractivity contribution in [2.75, 3.05) is 0 Å². The molecule has 0 radical (unpaired) electrons. The normalized spacial score (nSPS) is 17.5. The SMILES string of the molecule is C=C(N)N=CC1=C(N)c2ccccc2[C@H](c2ccccc2)C1. The first-order chi connectivity index (χ1) is 10.7. The smallest absolute Gasteiger partial charge is 0.116 e. The van der Waals surface area contributed by atoms with Gasteiger partial charge < -0.3 is 11.5 Å². The van der Waals surface area contributed by atoms with Crippen molar-refractivity contribution in [1.82, 2.24) is 0 Å². The average molecular weight is 289 g/mol. The van der Waals surface area contributed by atoms with E-state index in [0.29, 0.717) is 0 Å². The highest BCUT2D eigenvalue weighted by atomic mass is 14.9. The van der Waals surface area contributed by atoms with Crippen molar-refractivity contribution in [3.63, 3.8) is 0 Å². The van der Waals surface area contributed by atoms with E-state index in [4.69, 9.17) is 11.5 Å². The molecule has 0 spiro atoms. The van der Waals surface area contributed by atoms with Gasteiger partial charge in [0.2, 0.25) is 0 Å². The Hall–Kier alpha value is -2.81. The lowest BCUT2D eigenvalue weighted by atomic mass is 9.78. The van der Waals surface area contributed by atoms with Gasteiger partial charge in [0.05, 0.1) is 0 Å². The fourth-order valence-electron chi connectivity index (χ4n) is 2.92. The molecule has 110 valence electrons. The van der Waals surface area contributed by atoms with Crippen LogP contribution in [-0.4, -0.2) is 6.21 Å². The van der Waals surface area contributed by atoms with Crippen molar-refractivity contribution in [3.8, 4) is 0 Å². The van der Waals surface area contributed by atoms with Gasteiger partial charge in [-0.05, 0) is 23.1 Å². The van der Waals surface area contributed by atoms with Gasteiger partial charge in [0.1, 0.15) is 5.82 Å². The topological polar surface area (TPSA) is 64.4 Å². The minimum atomic E-state index is 0.275. The fourth-order valence-corrected chi connectivity index (χ4v) is 2.92. The van der Waals surface area contributed by atoms with Gasteiger partial charge in [0, 0.05) is 23.4 Å². The van der Waals surface area contributed by atoms with Gasteiger partial charge in [0.25, 0.3) is 0 Å². The van der Waals surface area contributed by atoms with Crippen LogP contribution in [0.15, 0.2) is 77.6 Å². The number of aliphatic imine (C=N–C) groups is 1. The molecule has 3 rings (SSSR count). The summed E-state index contributed by atoms with van der Waals surface area (Å²) in [7, 11) is 0. The van der Waals surface area contributed by atoms with Gasteiger partial charge in [-0.2, -0.15) is 0 Å². The molecule has 0 amide bonds. The van der Waals surface area contributed by atoms with Crippen molar-refractivity contribution in [2.45, 2.75) is 12.3 Å². The molecule has 0 aliphatic heterocycles. The van der Waals surface area contributed by atoms with Gasteiger partial charge in [-0.25, -0.2) is 4.99 Å². The number of hydrogen-bond donors (Lipinski definition) is 2. The molecule has 0 heterocycles. The van der Waals surface area contributed by atoms with Crippen LogP contribution in [0.3, 0.4) is 0 Å². The number of allylic oxidation sites excluding steroid dienone is 1. The van der Waals surface area contributed by atoms with Crippen molar-refractivity contribution < 1.29 is 0 Å². The third-order valence-corrected chi connectivity index (χ3v) is 3.98. The lowest BCUT2D eigenvalue weighted by molar-refractivity contribution is 0.799. The molecule has 1 aliphatic carbocycles. The van der Waals surface area contributed by atoms with E-state index in [1.54, 1.807) is 6.21 Å². The average Bonchev–Trinajstić information content (AvgIpc) is 2.55. The lowest BCUT2D eigenvalue weighted by Gasteiger charge is -2.27. The molecule has 2 aromatic carbocycles. The molecule has 0 unspecified atom stereocenters. The monoisotopic (exact) mass is 289 g/mol. The zero-order valence-electron chi connectivity index (χ0n) is 12.4. The van der Waals surface area contributed by atoms with E-state index in [1.807, 2.05) is 12.1 Å². The highest BCUT2D eigenvalue weighted by Crippen LogP contribution is 2.39. The number of rotatable bonds is 3. The van der Waals surface area contributed by atoms with E-state index in [0.717, 1.165) is 23.3 Å². The second-order valence-electron chi connectivity index (χ2n) is 5.44. The lowest BCUT2D eigenvalue weighted by Crippen LogP contribution is -2.17. The maximum absolute atomic E-state index is 6.34. The Bertz CT molecular complexity index is 757. The van der Waals surface area contributed by atoms with Crippen LogP contribution in [0.5, 0.6) is 0 Å². The van der Waals surface area contributed by atoms with Gasteiger partial charge >= 0.3 is 0 Å². The standard InChI is InChI=1S/C19H19N3/c1-13(20)22-12-15-11-18(14-7-3-2-4-8-14)16-9-5-6-10-17(16)19(15)21/h2-10,12,18H,1,11,20-21H2/t18-/m0/s1. The summed E-state index contributed by atoms with van der Waals surface area (Å²) in [6.45, 7) is 3.60. The van der Waals surface area contributed by atoms with Crippen LogP contribution in [0.2, 0.25) is 0 Å². The highest BCUT2D eigenvalue weighted by Gasteiger charge is 2.25. The second kappa shape index (κ2) is 5.90. The minimum absolute atomic E-state index is 0.275. The van der Waals surface area contributed by atoms with Crippen molar-refractivity contribution in [2.24, 2.45) is 16.5 Å². The van der Waals surface area contributed by atoms with Crippen LogP contribution in [0.1, 0.15) is 29.0 Å². The summed E-state index contributed by atoms with van der Waals surface area (Å²) in [5.74, 6) is 0.563. The molecule has 4 N–H and O–H groups in total. The number of fused-ring (bicyclic) bond motifs is 1. The summed E-state index contributed by atoms with van der Waals surface area (Å²) in [6.07, 6.45) is 2.55. The summed E-state index contributed by atoms with van der Waals surface area (Å²) in [5.41, 5.74) is 17.3. The van der Waals surface area contributed by atoms with Crippen LogP contribution >= 0.6 is 0 Å². The zero-order valence-corrected chi connectivity index (χ0v) is 12.4. The molecule has 0 fully saturated rings. The Balaban J connectivity index is 2.10. The van der Waals surface area contributed by atoms with Crippen LogP contribution < -0.4 is 11.5 Å². The molecule has 1 aliphatic rings. The van der Waals surface area contributed by atoms with E-state index in [2.05, 4.69) is 54.0 Å². The van der Waals surface area contributed by atoms with Crippen molar-refractivity contribution in [1.29, 1.82) is 0 Å². The van der Waals surface area contributed by atoms with Crippen molar-refractivity contribution in [3.05, 3.63) is 89.3 Å². The fraction of sp³-hybridized carbons (Fsp3) is 0.105. The summed E-state index contributed by atoms with van der Waals surface area (Å²) in [5, 5.41) is 0.